The Morgan fingerprint density at radius 1 is 1.05 bits per heavy atom. The molecule has 1 aliphatic heterocycles. The number of carbonyl (C=O) groups is 1. The Bertz CT molecular complexity index is 356. The Balaban J connectivity index is 1.55. The van der Waals surface area contributed by atoms with Crippen molar-refractivity contribution in [2.75, 3.05) is 13.1 Å². The van der Waals surface area contributed by atoms with Crippen LogP contribution in [0.4, 0.5) is 0 Å². The van der Waals surface area contributed by atoms with Gasteiger partial charge >= 0.3 is 0 Å². The van der Waals surface area contributed by atoms with Gasteiger partial charge in [0.1, 0.15) is 0 Å². The van der Waals surface area contributed by atoms with E-state index >= 15 is 0 Å². The number of fused-ring (bicyclic) bond motifs is 1. The third kappa shape index (κ3) is 3.03. The molecule has 3 unspecified atom stereocenters. The maximum Gasteiger partial charge on any atom is 0.225 e. The zero-order chi connectivity index (χ0) is 14.2. The SMILES string of the molecule is CC1(O)CCN(C(=O)C2CCC3CCCCC3C2)CC1. The van der Waals surface area contributed by atoms with E-state index in [1.807, 2.05) is 11.8 Å². The Labute approximate surface area is 122 Å². The summed E-state index contributed by atoms with van der Waals surface area (Å²) in [6.45, 7) is 3.38. The van der Waals surface area contributed by atoms with Gasteiger partial charge in [0.2, 0.25) is 5.91 Å². The van der Waals surface area contributed by atoms with E-state index in [-0.39, 0.29) is 5.92 Å². The van der Waals surface area contributed by atoms with E-state index in [1.165, 1.54) is 32.1 Å². The number of hydrogen-bond acceptors (Lipinski definition) is 2. The summed E-state index contributed by atoms with van der Waals surface area (Å²) in [6.07, 6.45) is 10.5. The highest BCUT2D eigenvalue weighted by atomic mass is 16.3. The molecule has 1 N–H and O–H groups in total. The monoisotopic (exact) mass is 279 g/mol. The van der Waals surface area contributed by atoms with Gasteiger partial charge in [-0.3, -0.25) is 4.79 Å². The van der Waals surface area contributed by atoms with Crippen LogP contribution in [0, 0.1) is 17.8 Å². The summed E-state index contributed by atoms with van der Waals surface area (Å²) in [5, 5.41) is 10.0. The summed E-state index contributed by atoms with van der Waals surface area (Å²) < 4.78 is 0. The molecule has 0 aromatic rings. The summed E-state index contributed by atoms with van der Waals surface area (Å²) in [5.41, 5.74) is -0.558. The topological polar surface area (TPSA) is 40.5 Å². The molecule has 1 heterocycles. The smallest absolute Gasteiger partial charge is 0.225 e. The highest BCUT2D eigenvalue weighted by Gasteiger charge is 2.38. The van der Waals surface area contributed by atoms with Gasteiger partial charge in [-0.2, -0.15) is 0 Å². The van der Waals surface area contributed by atoms with E-state index in [0.29, 0.717) is 5.91 Å². The molecule has 3 heteroatoms. The number of hydrogen-bond donors (Lipinski definition) is 1. The molecular weight excluding hydrogens is 250 g/mol. The van der Waals surface area contributed by atoms with Crippen LogP contribution in [0.2, 0.25) is 0 Å². The van der Waals surface area contributed by atoms with Gasteiger partial charge in [0, 0.05) is 19.0 Å². The minimum atomic E-state index is -0.558. The van der Waals surface area contributed by atoms with Crippen molar-refractivity contribution in [3.05, 3.63) is 0 Å². The highest BCUT2D eigenvalue weighted by Crippen LogP contribution is 2.43. The first-order valence-electron chi connectivity index (χ1n) is 8.56. The second-order valence-electron chi connectivity index (χ2n) is 7.64. The van der Waals surface area contributed by atoms with Gasteiger partial charge in [-0.05, 0) is 50.9 Å². The molecule has 20 heavy (non-hydrogen) atoms. The minimum Gasteiger partial charge on any atom is -0.390 e. The van der Waals surface area contributed by atoms with E-state index in [1.54, 1.807) is 0 Å². The lowest BCUT2D eigenvalue weighted by Gasteiger charge is -2.42. The van der Waals surface area contributed by atoms with Crippen molar-refractivity contribution in [2.45, 2.75) is 70.3 Å². The Morgan fingerprint density at radius 2 is 1.70 bits per heavy atom. The van der Waals surface area contributed by atoms with E-state index in [9.17, 15) is 9.90 Å². The van der Waals surface area contributed by atoms with Crippen molar-refractivity contribution in [1.29, 1.82) is 0 Å². The molecule has 0 bridgehead atoms. The molecule has 0 radical (unpaired) electrons. The van der Waals surface area contributed by atoms with Crippen molar-refractivity contribution < 1.29 is 9.90 Å². The van der Waals surface area contributed by atoms with Crippen molar-refractivity contribution in [1.82, 2.24) is 4.90 Å². The highest BCUT2D eigenvalue weighted by molar-refractivity contribution is 5.79. The van der Waals surface area contributed by atoms with Crippen LogP contribution in [0.1, 0.15) is 64.7 Å². The average Bonchev–Trinajstić information content (AvgIpc) is 2.46. The zero-order valence-electron chi connectivity index (χ0n) is 12.8. The van der Waals surface area contributed by atoms with Crippen LogP contribution in [0.25, 0.3) is 0 Å². The van der Waals surface area contributed by atoms with Gasteiger partial charge in [-0.15, -0.1) is 0 Å². The Morgan fingerprint density at radius 3 is 2.40 bits per heavy atom. The molecule has 0 aromatic heterocycles. The van der Waals surface area contributed by atoms with Crippen LogP contribution >= 0.6 is 0 Å². The predicted molar refractivity (Wildman–Crippen MR) is 79.2 cm³/mol. The van der Waals surface area contributed by atoms with Crippen molar-refractivity contribution in [3.8, 4) is 0 Å². The van der Waals surface area contributed by atoms with E-state index < -0.39 is 5.60 Å². The molecule has 1 amide bonds. The van der Waals surface area contributed by atoms with Gasteiger partial charge in [0.05, 0.1) is 5.60 Å². The number of piperidine rings is 1. The summed E-state index contributed by atoms with van der Waals surface area (Å²) in [5.74, 6) is 2.39. The van der Waals surface area contributed by atoms with Crippen LogP contribution in [0.3, 0.4) is 0 Å². The fraction of sp³-hybridized carbons (Fsp3) is 0.941. The second kappa shape index (κ2) is 5.67. The molecule has 3 fully saturated rings. The predicted octanol–water partition coefficient (Wildman–Crippen LogP) is 2.97. The number of aliphatic hydroxyl groups is 1. The van der Waals surface area contributed by atoms with Gasteiger partial charge in [-0.1, -0.05) is 25.7 Å². The number of likely N-dealkylation sites (tertiary alicyclic amines) is 1. The van der Waals surface area contributed by atoms with Crippen LogP contribution in [-0.2, 0) is 4.79 Å². The Kier molecular flexibility index (Phi) is 4.07. The molecule has 114 valence electrons. The maximum absolute atomic E-state index is 12.7. The third-order valence-electron chi connectivity index (χ3n) is 6.04. The van der Waals surface area contributed by atoms with Gasteiger partial charge in [-0.25, -0.2) is 0 Å². The quantitative estimate of drug-likeness (QED) is 0.801. The van der Waals surface area contributed by atoms with Gasteiger partial charge in [0.15, 0.2) is 0 Å². The second-order valence-corrected chi connectivity index (χ2v) is 7.64. The fourth-order valence-corrected chi connectivity index (χ4v) is 4.56. The van der Waals surface area contributed by atoms with E-state index in [0.717, 1.165) is 50.6 Å². The number of nitrogens with zero attached hydrogens (tertiary/aromatic N) is 1. The molecule has 2 aliphatic carbocycles. The molecule has 0 aromatic carbocycles. The molecule has 3 nitrogen and oxygen atoms in total. The fourth-order valence-electron chi connectivity index (χ4n) is 4.56. The Hall–Kier alpha value is -0.570. The summed E-state index contributed by atoms with van der Waals surface area (Å²) in [4.78, 5) is 14.7. The lowest BCUT2D eigenvalue weighted by molar-refractivity contribution is -0.141. The normalized spacial score (nSPS) is 37.3. The first kappa shape index (κ1) is 14.4. The molecule has 3 atom stereocenters. The first-order valence-corrected chi connectivity index (χ1v) is 8.56. The summed E-state index contributed by atoms with van der Waals surface area (Å²) in [6, 6.07) is 0. The van der Waals surface area contributed by atoms with Crippen LogP contribution in [0.15, 0.2) is 0 Å². The molecule has 2 saturated carbocycles. The minimum absolute atomic E-state index is 0.275. The molecule has 1 saturated heterocycles. The van der Waals surface area contributed by atoms with Crippen LogP contribution in [0.5, 0.6) is 0 Å². The van der Waals surface area contributed by atoms with E-state index in [4.69, 9.17) is 0 Å². The largest absolute Gasteiger partial charge is 0.390 e. The molecule has 0 spiro atoms. The van der Waals surface area contributed by atoms with Crippen molar-refractivity contribution in [3.63, 3.8) is 0 Å². The third-order valence-corrected chi connectivity index (χ3v) is 6.04. The van der Waals surface area contributed by atoms with Crippen molar-refractivity contribution in [2.24, 2.45) is 17.8 Å². The molecular formula is C17H29NO2. The maximum atomic E-state index is 12.7. The average molecular weight is 279 g/mol. The zero-order valence-corrected chi connectivity index (χ0v) is 12.8. The number of rotatable bonds is 1. The molecule has 3 rings (SSSR count). The standard InChI is InChI=1S/C17H29NO2/c1-17(20)8-10-18(11-9-17)16(19)15-7-6-13-4-2-3-5-14(13)12-15/h13-15,20H,2-12H2,1H3. The van der Waals surface area contributed by atoms with E-state index in [2.05, 4.69) is 0 Å². The lowest BCUT2D eigenvalue weighted by Crippen LogP contribution is -2.48. The van der Waals surface area contributed by atoms with Gasteiger partial charge < -0.3 is 10.0 Å². The number of carbonyl (C=O) groups excluding carboxylic acids is 1. The van der Waals surface area contributed by atoms with Gasteiger partial charge in [0.25, 0.3) is 0 Å². The lowest BCUT2D eigenvalue weighted by atomic mass is 9.67. The molecule has 3 aliphatic rings. The summed E-state index contributed by atoms with van der Waals surface area (Å²) in [7, 11) is 0. The first-order chi connectivity index (χ1) is 9.55. The van der Waals surface area contributed by atoms with Crippen molar-refractivity contribution >= 4 is 5.91 Å². The van der Waals surface area contributed by atoms with Crippen LogP contribution < -0.4 is 0 Å². The number of amides is 1. The summed E-state index contributed by atoms with van der Waals surface area (Å²) >= 11 is 0. The van der Waals surface area contributed by atoms with Crippen LogP contribution in [-0.4, -0.2) is 34.6 Å².